The number of carbonyl (C=O) groups is 2. The van der Waals surface area contributed by atoms with E-state index in [4.69, 9.17) is 0 Å². The fourth-order valence-corrected chi connectivity index (χ4v) is 1.13. The number of hydrogen-bond acceptors (Lipinski definition) is 3. The SMILES string of the molecule is CCC1(C)NC(=O)N(NC)C1=O. The molecule has 0 radical (unpaired) electrons. The average Bonchev–Trinajstić information content (AvgIpc) is 2.25. The molecular formula is C7H13N3O2. The van der Waals surface area contributed by atoms with Crippen molar-refractivity contribution in [3.05, 3.63) is 0 Å². The van der Waals surface area contributed by atoms with Gasteiger partial charge in [0.05, 0.1) is 0 Å². The highest BCUT2D eigenvalue weighted by Crippen LogP contribution is 2.18. The summed E-state index contributed by atoms with van der Waals surface area (Å²) in [6.45, 7) is 3.57. The number of nitrogens with zero attached hydrogens (tertiary/aromatic N) is 1. The summed E-state index contributed by atoms with van der Waals surface area (Å²) in [6.07, 6.45) is 0.593. The molecule has 2 N–H and O–H groups in total. The van der Waals surface area contributed by atoms with Crippen molar-refractivity contribution in [2.75, 3.05) is 7.05 Å². The Labute approximate surface area is 71.1 Å². The fraction of sp³-hybridized carbons (Fsp3) is 0.714. The van der Waals surface area contributed by atoms with Gasteiger partial charge in [0.25, 0.3) is 5.91 Å². The Kier molecular flexibility index (Phi) is 2.06. The van der Waals surface area contributed by atoms with Gasteiger partial charge in [-0.15, -0.1) is 0 Å². The van der Waals surface area contributed by atoms with Crippen molar-refractivity contribution >= 4 is 11.9 Å². The van der Waals surface area contributed by atoms with E-state index in [1.807, 2.05) is 6.92 Å². The van der Waals surface area contributed by atoms with Crippen molar-refractivity contribution in [1.82, 2.24) is 15.8 Å². The summed E-state index contributed by atoms with van der Waals surface area (Å²) in [5.41, 5.74) is 1.79. The van der Waals surface area contributed by atoms with E-state index in [0.717, 1.165) is 5.01 Å². The second kappa shape index (κ2) is 2.75. The molecule has 1 atom stereocenters. The Morgan fingerprint density at radius 3 is 2.42 bits per heavy atom. The van der Waals surface area contributed by atoms with Crippen LogP contribution in [0.15, 0.2) is 0 Å². The Balaban J connectivity index is 2.89. The zero-order chi connectivity index (χ0) is 9.35. The molecule has 68 valence electrons. The third kappa shape index (κ3) is 1.06. The highest BCUT2D eigenvalue weighted by molar-refractivity contribution is 6.06. The monoisotopic (exact) mass is 171 g/mol. The van der Waals surface area contributed by atoms with Gasteiger partial charge in [0.15, 0.2) is 0 Å². The van der Waals surface area contributed by atoms with Gasteiger partial charge in [0.2, 0.25) is 0 Å². The van der Waals surface area contributed by atoms with Crippen LogP contribution in [0.1, 0.15) is 20.3 Å². The number of hydrazine groups is 1. The Morgan fingerprint density at radius 1 is 1.58 bits per heavy atom. The highest BCUT2D eigenvalue weighted by atomic mass is 16.2. The maximum absolute atomic E-state index is 11.5. The summed E-state index contributed by atoms with van der Waals surface area (Å²) in [6, 6.07) is -0.383. The molecule has 0 spiro atoms. The van der Waals surface area contributed by atoms with E-state index in [0.29, 0.717) is 6.42 Å². The first-order valence-corrected chi connectivity index (χ1v) is 3.89. The molecule has 1 aliphatic heterocycles. The van der Waals surface area contributed by atoms with Crippen LogP contribution in [0.4, 0.5) is 4.79 Å². The van der Waals surface area contributed by atoms with Crippen LogP contribution in [0.2, 0.25) is 0 Å². The van der Waals surface area contributed by atoms with E-state index >= 15 is 0 Å². The molecule has 0 aromatic carbocycles. The lowest BCUT2D eigenvalue weighted by Crippen LogP contribution is -2.45. The lowest BCUT2D eigenvalue weighted by molar-refractivity contribution is -0.132. The molecule has 1 fully saturated rings. The first kappa shape index (κ1) is 8.99. The number of hydrogen-bond donors (Lipinski definition) is 2. The van der Waals surface area contributed by atoms with E-state index in [1.54, 1.807) is 14.0 Å². The zero-order valence-electron chi connectivity index (χ0n) is 7.47. The van der Waals surface area contributed by atoms with Gasteiger partial charge in [-0.25, -0.2) is 10.2 Å². The molecule has 1 rings (SSSR count). The van der Waals surface area contributed by atoms with E-state index in [2.05, 4.69) is 10.7 Å². The molecule has 1 aliphatic rings. The van der Waals surface area contributed by atoms with Crippen molar-refractivity contribution in [1.29, 1.82) is 0 Å². The second-order valence-corrected chi connectivity index (χ2v) is 2.98. The molecule has 3 amide bonds. The van der Waals surface area contributed by atoms with Crippen LogP contribution < -0.4 is 10.7 Å². The van der Waals surface area contributed by atoms with Gasteiger partial charge in [-0.3, -0.25) is 4.79 Å². The van der Waals surface area contributed by atoms with Crippen LogP contribution in [-0.4, -0.2) is 29.5 Å². The van der Waals surface area contributed by atoms with E-state index in [-0.39, 0.29) is 11.9 Å². The molecule has 0 aromatic rings. The van der Waals surface area contributed by atoms with Crippen molar-refractivity contribution in [3.63, 3.8) is 0 Å². The number of rotatable bonds is 2. The third-order valence-electron chi connectivity index (χ3n) is 2.19. The quantitative estimate of drug-likeness (QED) is 0.567. The van der Waals surface area contributed by atoms with Gasteiger partial charge < -0.3 is 5.32 Å². The van der Waals surface area contributed by atoms with Crippen molar-refractivity contribution in [2.24, 2.45) is 0 Å². The molecule has 12 heavy (non-hydrogen) atoms. The van der Waals surface area contributed by atoms with Crippen molar-refractivity contribution in [2.45, 2.75) is 25.8 Å². The molecular weight excluding hydrogens is 158 g/mol. The average molecular weight is 171 g/mol. The van der Waals surface area contributed by atoms with Crippen LogP contribution in [0.3, 0.4) is 0 Å². The number of urea groups is 1. The van der Waals surface area contributed by atoms with Gasteiger partial charge in [-0.05, 0) is 13.3 Å². The Hall–Kier alpha value is -1.10. The smallest absolute Gasteiger partial charge is 0.322 e. The molecule has 5 nitrogen and oxygen atoms in total. The lowest BCUT2D eigenvalue weighted by Gasteiger charge is -2.18. The highest BCUT2D eigenvalue weighted by Gasteiger charge is 2.46. The molecule has 0 bridgehead atoms. The van der Waals surface area contributed by atoms with E-state index in [9.17, 15) is 9.59 Å². The molecule has 0 saturated carbocycles. The van der Waals surface area contributed by atoms with Gasteiger partial charge in [0, 0.05) is 7.05 Å². The molecule has 1 unspecified atom stereocenters. The molecule has 1 heterocycles. The summed E-state index contributed by atoms with van der Waals surface area (Å²) >= 11 is 0. The molecule has 5 heteroatoms. The van der Waals surface area contributed by atoms with Crippen LogP contribution in [0.5, 0.6) is 0 Å². The first-order chi connectivity index (χ1) is 5.55. The van der Waals surface area contributed by atoms with Crippen LogP contribution in [0.25, 0.3) is 0 Å². The van der Waals surface area contributed by atoms with Crippen molar-refractivity contribution in [3.8, 4) is 0 Å². The van der Waals surface area contributed by atoms with Gasteiger partial charge >= 0.3 is 6.03 Å². The number of imide groups is 1. The standard InChI is InChI=1S/C7H13N3O2/c1-4-7(2)5(11)10(8-3)6(12)9-7/h8H,4H2,1-3H3,(H,9,12). The van der Waals surface area contributed by atoms with E-state index < -0.39 is 5.54 Å². The topological polar surface area (TPSA) is 61.4 Å². The predicted molar refractivity (Wildman–Crippen MR) is 43.1 cm³/mol. The summed E-state index contributed by atoms with van der Waals surface area (Å²) in [5.74, 6) is -0.225. The predicted octanol–water partition coefficient (Wildman–Crippen LogP) is -0.159. The normalized spacial score (nSPS) is 29.4. The van der Waals surface area contributed by atoms with Crippen LogP contribution >= 0.6 is 0 Å². The summed E-state index contributed by atoms with van der Waals surface area (Å²) in [5, 5.41) is 3.60. The van der Waals surface area contributed by atoms with Gasteiger partial charge in [-0.1, -0.05) is 6.92 Å². The lowest BCUT2D eigenvalue weighted by atomic mass is 10.00. The summed E-state index contributed by atoms with van der Waals surface area (Å²) < 4.78 is 0. The number of amides is 3. The molecule has 1 saturated heterocycles. The summed E-state index contributed by atoms with van der Waals surface area (Å²) in [4.78, 5) is 22.6. The minimum absolute atomic E-state index is 0.225. The van der Waals surface area contributed by atoms with Crippen LogP contribution in [-0.2, 0) is 4.79 Å². The Morgan fingerprint density at radius 2 is 2.17 bits per heavy atom. The molecule has 0 aromatic heterocycles. The first-order valence-electron chi connectivity index (χ1n) is 3.89. The second-order valence-electron chi connectivity index (χ2n) is 2.98. The van der Waals surface area contributed by atoms with Crippen molar-refractivity contribution < 1.29 is 9.59 Å². The Bertz CT molecular complexity index is 229. The maximum atomic E-state index is 11.5. The number of nitrogens with one attached hydrogen (secondary N) is 2. The summed E-state index contributed by atoms with van der Waals surface area (Å²) in [7, 11) is 1.54. The van der Waals surface area contributed by atoms with E-state index in [1.165, 1.54) is 0 Å². The third-order valence-corrected chi connectivity index (χ3v) is 2.19. The maximum Gasteiger partial charge on any atom is 0.339 e. The fourth-order valence-electron chi connectivity index (χ4n) is 1.13. The number of carbonyl (C=O) groups excluding carboxylic acids is 2. The minimum Gasteiger partial charge on any atom is -0.322 e. The zero-order valence-corrected chi connectivity index (χ0v) is 7.47. The van der Waals surface area contributed by atoms with Gasteiger partial charge in [0.1, 0.15) is 5.54 Å². The van der Waals surface area contributed by atoms with Gasteiger partial charge in [-0.2, -0.15) is 5.01 Å². The molecule has 0 aliphatic carbocycles. The minimum atomic E-state index is -0.736. The largest absolute Gasteiger partial charge is 0.339 e. The van der Waals surface area contributed by atoms with Crippen LogP contribution in [0, 0.1) is 0 Å².